The van der Waals surface area contributed by atoms with Crippen LogP contribution in [0.5, 0.6) is 0 Å². The van der Waals surface area contributed by atoms with Gasteiger partial charge in [-0.15, -0.1) is 0 Å². The second-order valence-corrected chi connectivity index (χ2v) is 3.20. The molecule has 0 spiro atoms. The van der Waals surface area contributed by atoms with E-state index in [0.29, 0.717) is 4.47 Å². The van der Waals surface area contributed by atoms with Crippen LogP contribution in [-0.2, 0) is 6.54 Å². The van der Waals surface area contributed by atoms with E-state index in [1.807, 2.05) is 0 Å². The highest BCUT2D eigenvalue weighted by Crippen LogP contribution is 2.25. The Morgan fingerprint density at radius 2 is 2.23 bits per heavy atom. The first-order valence-corrected chi connectivity index (χ1v) is 4.18. The van der Waals surface area contributed by atoms with Gasteiger partial charge >= 0.3 is 0 Å². The molecule has 0 amide bonds. The topological polar surface area (TPSA) is 69.2 Å². The number of hydrogen-bond donors (Lipinski definition) is 1. The van der Waals surface area contributed by atoms with E-state index in [9.17, 15) is 14.5 Å². The summed E-state index contributed by atoms with van der Waals surface area (Å²) >= 11 is 3.00. The van der Waals surface area contributed by atoms with Crippen molar-refractivity contribution < 1.29 is 9.31 Å². The molecule has 0 aliphatic rings. The molecular weight excluding hydrogens is 243 g/mol. The van der Waals surface area contributed by atoms with Gasteiger partial charge in [0.15, 0.2) is 0 Å². The van der Waals surface area contributed by atoms with Gasteiger partial charge in [-0.05, 0) is 0 Å². The van der Waals surface area contributed by atoms with Crippen LogP contribution in [0.15, 0.2) is 16.6 Å². The predicted molar refractivity (Wildman–Crippen MR) is 48.6 cm³/mol. The normalized spacial score (nSPS) is 10.1. The molecule has 4 nitrogen and oxygen atoms in total. The molecule has 1 rings (SSSR count). The van der Waals surface area contributed by atoms with Crippen LogP contribution in [0.4, 0.5) is 10.1 Å². The number of nitro groups is 1. The average molecular weight is 249 g/mol. The highest BCUT2D eigenvalue weighted by atomic mass is 79.9. The highest BCUT2D eigenvalue weighted by molar-refractivity contribution is 9.10. The average Bonchev–Trinajstić information content (AvgIpc) is 2.03. The smallest absolute Gasteiger partial charge is 0.273 e. The molecule has 13 heavy (non-hydrogen) atoms. The number of halogens is 2. The van der Waals surface area contributed by atoms with E-state index < -0.39 is 10.7 Å². The standard InChI is InChI=1S/C7H6BrFN2O2/c8-6-1-4(11(12)13)2-7(9)5(6)3-10/h1-2H,3,10H2. The zero-order chi connectivity index (χ0) is 10.0. The number of rotatable bonds is 2. The maximum atomic E-state index is 13.1. The van der Waals surface area contributed by atoms with E-state index in [4.69, 9.17) is 5.73 Å². The van der Waals surface area contributed by atoms with Gasteiger partial charge in [0.2, 0.25) is 0 Å². The number of nitrogens with two attached hydrogens (primary N) is 1. The van der Waals surface area contributed by atoms with E-state index >= 15 is 0 Å². The quantitative estimate of drug-likeness (QED) is 0.643. The summed E-state index contributed by atoms with van der Waals surface area (Å²) in [5.41, 5.74) is 5.19. The third-order valence-corrected chi connectivity index (χ3v) is 2.25. The number of nitro benzene ring substituents is 1. The molecule has 0 unspecified atom stereocenters. The van der Waals surface area contributed by atoms with Crippen molar-refractivity contribution in [1.82, 2.24) is 0 Å². The summed E-state index contributed by atoms with van der Waals surface area (Å²) < 4.78 is 13.4. The van der Waals surface area contributed by atoms with Crippen molar-refractivity contribution in [2.45, 2.75) is 6.54 Å². The molecule has 0 aromatic heterocycles. The fourth-order valence-corrected chi connectivity index (χ4v) is 1.48. The van der Waals surface area contributed by atoms with Gasteiger partial charge in [-0.2, -0.15) is 0 Å². The van der Waals surface area contributed by atoms with E-state index in [1.165, 1.54) is 6.07 Å². The molecule has 0 fully saturated rings. The number of nitrogens with zero attached hydrogens (tertiary/aromatic N) is 1. The Hall–Kier alpha value is -1.01. The summed E-state index contributed by atoms with van der Waals surface area (Å²) in [4.78, 5) is 9.63. The van der Waals surface area contributed by atoms with E-state index in [0.717, 1.165) is 6.07 Å². The minimum Gasteiger partial charge on any atom is -0.326 e. The molecule has 2 N–H and O–H groups in total. The lowest BCUT2D eigenvalue weighted by atomic mass is 10.2. The lowest BCUT2D eigenvalue weighted by Gasteiger charge is -2.02. The second-order valence-electron chi connectivity index (χ2n) is 2.35. The van der Waals surface area contributed by atoms with Gasteiger partial charge in [0.25, 0.3) is 5.69 Å². The summed E-state index contributed by atoms with van der Waals surface area (Å²) in [7, 11) is 0. The van der Waals surface area contributed by atoms with Crippen LogP contribution in [0.3, 0.4) is 0 Å². The monoisotopic (exact) mass is 248 g/mol. The summed E-state index contributed by atoms with van der Waals surface area (Å²) in [5.74, 6) is -0.663. The molecule has 0 atom stereocenters. The lowest BCUT2D eigenvalue weighted by molar-refractivity contribution is -0.385. The third kappa shape index (κ3) is 2.02. The molecule has 0 aliphatic heterocycles. The Balaban J connectivity index is 3.28. The van der Waals surface area contributed by atoms with E-state index in [2.05, 4.69) is 15.9 Å². The van der Waals surface area contributed by atoms with Crippen LogP contribution in [-0.4, -0.2) is 4.92 Å². The molecular formula is C7H6BrFN2O2. The first-order chi connectivity index (χ1) is 6.06. The number of benzene rings is 1. The van der Waals surface area contributed by atoms with Gasteiger partial charge < -0.3 is 5.73 Å². The minimum atomic E-state index is -0.663. The molecule has 0 aliphatic carbocycles. The Morgan fingerprint density at radius 3 is 2.62 bits per heavy atom. The van der Waals surface area contributed by atoms with Crippen LogP contribution in [0.2, 0.25) is 0 Å². The third-order valence-electron chi connectivity index (χ3n) is 1.54. The van der Waals surface area contributed by atoms with Crippen LogP contribution in [0.25, 0.3) is 0 Å². The molecule has 70 valence electrons. The molecule has 0 saturated carbocycles. The summed E-state index contributed by atoms with van der Waals surface area (Å²) in [6.45, 7) is 0.00438. The van der Waals surface area contributed by atoms with Gasteiger partial charge in [-0.1, -0.05) is 15.9 Å². The van der Waals surface area contributed by atoms with Crippen molar-refractivity contribution in [3.05, 3.63) is 38.1 Å². The minimum absolute atomic E-state index is 0.00438. The molecule has 0 bridgehead atoms. The molecule has 1 aromatic carbocycles. The first-order valence-electron chi connectivity index (χ1n) is 3.38. The van der Waals surface area contributed by atoms with Gasteiger partial charge in [0, 0.05) is 22.6 Å². The molecule has 0 saturated heterocycles. The second kappa shape index (κ2) is 3.80. The first kappa shape index (κ1) is 10.1. The predicted octanol–water partition coefficient (Wildman–Crippen LogP) is 1.96. The van der Waals surface area contributed by atoms with Crippen LogP contribution in [0.1, 0.15) is 5.56 Å². The molecule has 0 heterocycles. The fourth-order valence-electron chi connectivity index (χ4n) is 0.890. The van der Waals surface area contributed by atoms with Gasteiger partial charge in [0.1, 0.15) is 5.82 Å². The van der Waals surface area contributed by atoms with E-state index in [-0.39, 0.29) is 17.8 Å². The SMILES string of the molecule is NCc1c(F)cc([N+](=O)[O-])cc1Br. The lowest BCUT2D eigenvalue weighted by Crippen LogP contribution is -2.02. The van der Waals surface area contributed by atoms with Crippen LogP contribution < -0.4 is 5.73 Å². The summed E-state index contributed by atoms with van der Waals surface area (Å²) in [6.07, 6.45) is 0. The van der Waals surface area contributed by atoms with Crippen LogP contribution >= 0.6 is 15.9 Å². The van der Waals surface area contributed by atoms with Crippen molar-refractivity contribution in [3.8, 4) is 0 Å². The van der Waals surface area contributed by atoms with Gasteiger partial charge in [-0.3, -0.25) is 10.1 Å². The van der Waals surface area contributed by atoms with Crippen molar-refractivity contribution in [1.29, 1.82) is 0 Å². The van der Waals surface area contributed by atoms with Gasteiger partial charge in [0.05, 0.1) is 11.0 Å². The fraction of sp³-hybridized carbons (Fsp3) is 0.143. The van der Waals surface area contributed by atoms with Gasteiger partial charge in [-0.25, -0.2) is 4.39 Å². The maximum Gasteiger partial charge on any atom is 0.273 e. The van der Waals surface area contributed by atoms with E-state index in [1.54, 1.807) is 0 Å². The Bertz CT molecular complexity index is 333. The van der Waals surface area contributed by atoms with Crippen molar-refractivity contribution in [2.75, 3.05) is 0 Å². The maximum absolute atomic E-state index is 13.1. The van der Waals surface area contributed by atoms with Crippen molar-refractivity contribution >= 4 is 21.6 Å². The zero-order valence-electron chi connectivity index (χ0n) is 6.46. The Labute approximate surface area is 81.8 Å². The van der Waals surface area contributed by atoms with Crippen LogP contribution in [0, 0.1) is 15.9 Å². The summed E-state index contributed by atoms with van der Waals surface area (Å²) in [6, 6.07) is 2.08. The molecule has 6 heteroatoms. The molecule has 0 radical (unpaired) electrons. The highest BCUT2D eigenvalue weighted by Gasteiger charge is 2.13. The van der Waals surface area contributed by atoms with Crippen molar-refractivity contribution in [2.24, 2.45) is 5.73 Å². The Kier molecular flexibility index (Phi) is 2.94. The number of hydrogen-bond acceptors (Lipinski definition) is 3. The summed E-state index contributed by atoms with van der Waals surface area (Å²) in [5, 5.41) is 10.3. The molecule has 1 aromatic rings. The zero-order valence-corrected chi connectivity index (χ0v) is 8.04. The largest absolute Gasteiger partial charge is 0.326 e. The Morgan fingerprint density at radius 1 is 1.62 bits per heavy atom. The van der Waals surface area contributed by atoms with Crippen molar-refractivity contribution in [3.63, 3.8) is 0 Å². The number of non-ortho nitro benzene ring substituents is 1.